The number of halogens is 4. The first-order valence-corrected chi connectivity index (χ1v) is 6.43. The van der Waals surface area contributed by atoms with Gasteiger partial charge in [-0.2, -0.15) is 0 Å². The molecule has 5 heteroatoms. The van der Waals surface area contributed by atoms with Crippen LogP contribution in [0.25, 0.3) is 11.1 Å². The third-order valence-corrected chi connectivity index (χ3v) is 3.53. The molecule has 0 fully saturated rings. The van der Waals surface area contributed by atoms with Gasteiger partial charge in [0.25, 0.3) is 0 Å². The Balaban J connectivity index is 2.66. The number of carbonyl (C=O) groups is 1. The predicted octanol–water partition coefficient (Wildman–Crippen LogP) is 5.78. The number of benzene rings is 2. The quantitative estimate of drug-likeness (QED) is 0.641. The highest BCUT2D eigenvalue weighted by Gasteiger charge is 2.13. The van der Waals surface area contributed by atoms with E-state index in [1.54, 1.807) is 30.3 Å². The first-order chi connectivity index (χ1) is 8.52. The van der Waals surface area contributed by atoms with Gasteiger partial charge in [0.15, 0.2) is 0 Å². The van der Waals surface area contributed by atoms with E-state index >= 15 is 0 Å². The van der Waals surface area contributed by atoms with Crippen LogP contribution >= 0.6 is 46.4 Å². The van der Waals surface area contributed by atoms with Gasteiger partial charge in [-0.1, -0.05) is 58.5 Å². The van der Waals surface area contributed by atoms with Gasteiger partial charge < -0.3 is 0 Å². The topological polar surface area (TPSA) is 17.1 Å². The zero-order valence-electron chi connectivity index (χ0n) is 8.88. The number of aldehydes is 1. The lowest BCUT2D eigenvalue weighted by atomic mass is 10.0. The van der Waals surface area contributed by atoms with Crippen LogP contribution in [-0.2, 0) is 0 Å². The second kappa shape index (κ2) is 5.50. The van der Waals surface area contributed by atoms with Crippen LogP contribution < -0.4 is 0 Å². The molecule has 2 aromatic carbocycles. The standard InChI is InChI=1S/C13H6Cl4O/c14-8-4-11(16)13(12(17)5-8)9-2-1-7(6-18)3-10(9)15/h1-6H. The highest BCUT2D eigenvalue weighted by molar-refractivity contribution is 6.43. The van der Waals surface area contributed by atoms with Crippen LogP contribution in [0.3, 0.4) is 0 Å². The summed E-state index contributed by atoms with van der Waals surface area (Å²) in [6.07, 6.45) is 0.723. The second-order valence-corrected chi connectivity index (χ2v) is 5.26. The Labute approximate surface area is 124 Å². The largest absolute Gasteiger partial charge is 0.298 e. The van der Waals surface area contributed by atoms with Gasteiger partial charge >= 0.3 is 0 Å². The third-order valence-electron chi connectivity index (χ3n) is 2.41. The van der Waals surface area contributed by atoms with Gasteiger partial charge in [0.05, 0.1) is 10.0 Å². The molecule has 2 aromatic rings. The van der Waals surface area contributed by atoms with Crippen LogP contribution in [0, 0.1) is 0 Å². The fourth-order valence-electron chi connectivity index (χ4n) is 1.61. The summed E-state index contributed by atoms with van der Waals surface area (Å²) in [7, 11) is 0. The van der Waals surface area contributed by atoms with Crippen molar-refractivity contribution in [3.8, 4) is 11.1 Å². The lowest BCUT2D eigenvalue weighted by Crippen LogP contribution is -1.86. The molecule has 0 saturated carbocycles. The summed E-state index contributed by atoms with van der Waals surface area (Å²) in [5.41, 5.74) is 1.75. The molecule has 0 bridgehead atoms. The maximum absolute atomic E-state index is 10.7. The van der Waals surface area contributed by atoms with Crippen molar-refractivity contribution in [1.29, 1.82) is 0 Å². The average molecular weight is 320 g/mol. The third kappa shape index (κ3) is 2.65. The lowest BCUT2D eigenvalue weighted by molar-refractivity contribution is 0.112. The second-order valence-electron chi connectivity index (χ2n) is 3.60. The minimum absolute atomic E-state index is 0.408. The zero-order valence-corrected chi connectivity index (χ0v) is 11.9. The molecule has 0 saturated heterocycles. The van der Waals surface area contributed by atoms with Gasteiger partial charge in [-0.05, 0) is 18.2 Å². The van der Waals surface area contributed by atoms with Crippen LogP contribution in [0.1, 0.15) is 10.4 Å². The van der Waals surface area contributed by atoms with E-state index in [2.05, 4.69) is 0 Å². The monoisotopic (exact) mass is 318 g/mol. The van der Waals surface area contributed by atoms with E-state index in [1.165, 1.54) is 0 Å². The first kappa shape index (κ1) is 13.7. The Hall–Kier alpha value is -0.730. The zero-order chi connectivity index (χ0) is 13.3. The van der Waals surface area contributed by atoms with E-state index in [9.17, 15) is 4.79 Å². The van der Waals surface area contributed by atoms with Crippen molar-refractivity contribution < 1.29 is 4.79 Å². The molecular weight excluding hydrogens is 314 g/mol. The van der Waals surface area contributed by atoms with Gasteiger partial charge in [0.2, 0.25) is 0 Å². The predicted molar refractivity (Wildman–Crippen MR) is 77.3 cm³/mol. The molecule has 0 N–H and O–H groups in total. The van der Waals surface area contributed by atoms with Gasteiger partial charge in [0, 0.05) is 26.7 Å². The van der Waals surface area contributed by atoms with Crippen molar-refractivity contribution in [2.45, 2.75) is 0 Å². The highest BCUT2D eigenvalue weighted by atomic mass is 35.5. The number of hydrogen-bond donors (Lipinski definition) is 0. The van der Waals surface area contributed by atoms with Crippen molar-refractivity contribution >= 4 is 52.7 Å². The molecule has 92 valence electrons. The Morgan fingerprint density at radius 3 is 1.94 bits per heavy atom. The van der Waals surface area contributed by atoms with Gasteiger partial charge in [0.1, 0.15) is 6.29 Å². The maximum Gasteiger partial charge on any atom is 0.150 e. The molecule has 1 nitrogen and oxygen atoms in total. The van der Waals surface area contributed by atoms with Crippen LogP contribution in [0.2, 0.25) is 20.1 Å². The summed E-state index contributed by atoms with van der Waals surface area (Å²) < 4.78 is 0. The fourth-order valence-corrected chi connectivity index (χ4v) is 2.91. The Bertz CT molecular complexity index is 599. The smallest absolute Gasteiger partial charge is 0.150 e. The van der Waals surface area contributed by atoms with Crippen molar-refractivity contribution in [2.75, 3.05) is 0 Å². The van der Waals surface area contributed by atoms with Gasteiger partial charge in [-0.3, -0.25) is 4.79 Å². The molecule has 0 aliphatic heterocycles. The minimum Gasteiger partial charge on any atom is -0.298 e. The summed E-state index contributed by atoms with van der Waals surface area (Å²) in [5, 5.41) is 1.68. The molecule has 0 atom stereocenters. The maximum atomic E-state index is 10.7. The van der Waals surface area contributed by atoms with E-state index in [-0.39, 0.29) is 0 Å². The molecule has 0 spiro atoms. The molecule has 0 aromatic heterocycles. The molecule has 0 heterocycles. The van der Waals surface area contributed by atoms with E-state index in [1.807, 2.05) is 0 Å². The first-order valence-electron chi connectivity index (χ1n) is 4.92. The Morgan fingerprint density at radius 2 is 1.44 bits per heavy atom. The molecule has 0 aliphatic carbocycles. The molecule has 2 rings (SSSR count). The summed E-state index contributed by atoms with van der Waals surface area (Å²) >= 11 is 24.2. The number of rotatable bonds is 2. The summed E-state index contributed by atoms with van der Waals surface area (Å²) in [5.74, 6) is 0. The van der Waals surface area contributed by atoms with Crippen LogP contribution in [-0.4, -0.2) is 6.29 Å². The van der Waals surface area contributed by atoms with E-state index in [4.69, 9.17) is 46.4 Å². The molecule has 0 radical (unpaired) electrons. The van der Waals surface area contributed by atoms with Gasteiger partial charge in [-0.15, -0.1) is 0 Å². The van der Waals surface area contributed by atoms with E-state index in [0.29, 0.717) is 36.8 Å². The van der Waals surface area contributed by atoms with Crippen molar-refractivity contribution in [3.63, 3.8) is 0 Å². The Morgan fingerprint density at radius 1 is 0.833 bits per heavy atom. The normalized spacial score (nSPS) is 10.4. The van der Waals surface area contributed by atoms with Crippen molar-refractivity contribution in [3.05, 3.63) is 56.0 Å². The number of carbonyl (C=O) groups excluding carboxylic acids is 1. The van der Waals surface area contributed by atoms with Crippen molar-refractivity contribution in [1.82, 2.24) is 0 Å². The van der Waals surface area contributed by atoms with Crippen LogP contribution in [0.5, 0.6) is 0 Å². The van der Waals surface area contributed by atoms with Crippen molar-refractivity contribution in [2.24, 2.45) is 0 Å². The summed E-state index contributed by atoms with van der Waals surface area (Å²) in [4.78, 5) is 10.7. The molecule has 0 amide bonds. The summed E-state index contributed by atoms with van der Waals surface area (Å²) in [6.45, 7) is 0. The number of hydrogen-bond acceptors (Lipinski definition) is 1. The Kier molecular flexibility index (Phi) is 4.18. The molecule has 0 unspecified atom stereocenters. The fraction of sp³-hybridized carbons (Fsp3) is 0. The molecular formula is C13H6Cl4O. The van der Waals surface area contributed by atoms with Crippen LogP contribution in [0.15, 0.2) is 30.3 Å². The average Bonchev–Trinajstić information content (AvgIpc) is 2.29. The minimum atomic E-state index is 0.408. The lowest BCUT2D eigenvalue weighted by Gasteiger charge is -2.10. The highest BCUT2D eigenvalue weighted by Crippen LogP contribution is 2.40. The molecule has 0 aliphatic rings. The van der Waals surface area contributed by atoms with Gasteiger partial charge in [-0.25, -0.2) is 0 Å². The summed E-state index contributed by atoms with van der Waals surface area (Å²) in [6, 6.07) is 8.09. The SMILES string of the molecule is O=Cc1ccc(-c2c(Cl)cc(Cl)cc2Cl)c(Cl)c1. The molecule has 18 heavy (non-hydrogen) atoms. The van der Waals surface area contributed by atoms with E-state index < -0.39 is 0 Å². The van der Waals surface area contributed by atoms with Crippen LogP contribution in [0.4, 0.5) is 0 Å². The van der Waals surface area contributed by atoms with E-state index in [0.717, 1.165) is 6.29 Å².